The van der Waals surface area contributed by atoms with E-state index in [4.69, 9.17) is 4.74 Å². The van der Waals surface area contributed by atoms with Crippen molar-refractivity contribution >= 4 is 0 Å². The first kappa shape index (κ1) is 16.0. The third-order valence-corrected chi connectivity index (χ3v) is 3.40. The van der Waals surface area contributed by atoms with E-state index in [0.29, 0.717) is 12.0 Å². The number of hydrogen-bond acceptors (Lipinski definition) is 3. The highest BCUT2D eigenvalue weighted by Gasteiger charge is 2.14. The Bertz CT molecular complexity index is 354. The molecule has 1 aromatic rings. The zero-order valence-corrected chi connectivity index (χ0v) is 12.8. The molecule has 0 spiro atoms. The first-order chi connectivity index (χ1) is 9.21. The summed E-state index contributed by atoms with van der Waals surface area (Å²) in [5, 5.41) is 3.55. The lowest BCUT2D eigenvalue weighted by molar-refractivity contribution is 0.314. The molecule has 0 aromatic carbocycles. The fraction of sp³-hybridized carbons (Fsp3) is 0.688. The van der Waals surface area contributed by atoms with Crippen molar-refractivity contribution in [2.24, 2.45) is 5.92 Å². The van der Waals surface area contributed by atoms with Gasteiger partial charge < -0.3 is 10.1 Å². The molecular weight excluding hydrogens is 236 g/mol. The fourth-order valence-corrected chi connectivity index (χ4v) is 2.08. The zero-order valence-electron chi connectivity index (χ0n) is 12.8. The van der Waals surface area contributed by atoms with E-state index in [2.05, 4.69) is 44.1 Å². The molecule has 0 saturated heterocycles. The van der Waals surface area contributed by atoms with Gasteiger partial charge in [0.15, 0.2) is 0 Å². The molecule has 2 unspecified atom stereocenters. The molecule has 0 fully saturated rings. The Balaban J connectivity index is 2.76. The predicted octanol–water partition coefficient (Wildman–Crippen LogP) is 3.96. The molecule has 0 radical (unpaired) electrons. The van der Waals surface area contributed by atoms with Gasteiger partial charge in [-0.05, 0) is 36.9 Å². The van der Waals surface area contributed by atoms with Crippen molar-refractivity contribution in [2.75, 3.05) is 13.2 Å². The Morgan fingerprint density at radius 2 is 2.05 bits per heavy atom. The second kappa shape index (κ2) is 8.92. The topological polar surface area (TPSA) is 34.1 Å². The minimum absolute atomic E-state index is 0.373. The average Bonchev–Trinajstić information content (AvgIpc) is 2.44. The van der Waals surface area contributed by atoms with E-state index in [1.807, 2.05) is 6.20 Å². The Kier molecular flexibility index (Phi) is 7.49. The summed E-state index contributed by atoms with van der Waals surface area (Å²) in [6.45, 7) is 10.5. The van der Waals surface area contributed by atoms with Crippen LogP contribution >= 0.6 is 0 Å². The van der Waals surface area contributed by atoms with Crippen molar-refractivity contribution in [2.45, 2.75) is 53.0 Å². The van der Waals surface area contributed by atoms with E-state index in [9.17, 15) is 0 Å². The summed E-state index contributed by atoms with van der Waals surface area (Å²) in [4.78, 5) is 4.31. The van der Waals surface area contributed by atoms with E-state index in [1.165, 1.54) is 12.0 Å². The molecule has 3 nitrogen and oxygen atoms in total. The lowest BCUT2D eigenvalue weighted by atomic mass is 9.95. The molecule has 2 atom stereocenters. The maximum Gasteiger partial charge on any atom is 0.137 e. The van der Waals surface area contributed by atoms with Crippen LogP contribution in [0.5, 0.6) is 5.75 Å². The van der Waals surface area contributed by atoms with Gasteiger partial charge in [0.25, 0.3) is 0 Å². The van der Waals surface area contributed by atoms with Crippen LogP contribution in [0.25, 0.3) is 0 Å². The lowest BCUT2D eigenvalue weighted by Gasteiger charge is -2.21. The monoisotopic (exact) mass is 264 g/mol. The largest absolute Gasteiger partial charge is 0.492 e. The Morgan fingerprint density at radius 3 is 2.68 bits per heavy atom. The van der Waals surface area contributed by atoms with Gasteiger partial charge in [-0.15, -0.1) is 0 Å². The highest BCUT2D eigenvalue weighted by molar-refractivity contribution is 5.26. The van der Waals surface area contributed by atoms with Gasteiger partial charge >= 0.3 is 0 Å². The summed E-state index contributed by atoms with van der Waals surface area (Å²) >= 11 is 0. The van der Waals surface area contributed by atoms with Crippen LogP contribution in [-0.2, 0) is 0 Å². The minimum Gasteiger partial charge on any atom is -0.492 e. The molecular formula is C16H28N2O. The molecule has 0 bridgehead atoms. The van der Waals surface area contributed by atoms with Gasteiger partial charge in [0.2, 0.25) is 0 Å². The number of aromatic nitrogens is 1. The molecule has 0 aliphatic rings. The highest BCUT2D eigenvalue weighted by Crippen LogP contribution is 2.25. The normalized spacial score (nSPS) is 14.1. The van der Waals surface area contributed by atoms with Crippen molar-refractivity contribution in [1.29, 1.82) is 0 Å². The molecule has 0 saturated carbocycles. The van der Waals surface area contributed by atoms with Gasteiger partial charge in [-0.3, -0.25) is 4.98 Å². The van der Waals surface area contributed by atoms with Gasteiger partial charge in [-0.2, -0.15) is 0 Å². The van der Waals surface area contributed by atoms with Crippen LogP contribution in [0.4, 0.5) is 0 Å². The minimum atomic E-state index is 0.373. The van der Waals surface area contributed by atoms with Crippen LogP contribution in [0.3, 0.4) is 0 Å². The third-order valence-electron chi connectivity index (χ3n) is 3.40. The Hall–Kier alpha value is -1.09. The van der Waals surface area contributed by atoms with Crippen molar-refractivity contribution in [3.05, 3.63) is 24.0 Å². The van der Waals surface area contributed by atoms with Gasteiger partial charge in [0.05, 0.1) is 12.8 Å². The molecule has 1 N–H and O–H groups in total. The van der Waals surface area contributed by atoms with Crippen LogP contribution in [0.2, 0.25) is 0 Å². The maximum absolute atomic E-state index is 5.67. The van der Waals surface area contributed by atoms with Crippen molar-refractivity contribution in [3.8, 4) is 5.75 Å². The van der Waals surface area contributed by atoms with E-state index in [0.717, 1.165) is 31.7 Å². The van der Waals surface area contributed by atoms with Crippen LogP contribution in [0.15, 0.2) is 18.5 Å². The van der Waals surface area contributed by atoms with E-state index >= 15 is 0 Å². The van der Waals surface area contributed by atoms with E-state index < -0.39 is 0 Å². The van der Waals surface area contributed by atoms with E-state index in [-0.39, 0.29) is 0 Å². The number of hydrogen-bond donors (Lipinski definition) is 1. The first-order valence-electron chi connectivity index (χ1n) is 7.52. The maximum atomic E-state index is 5.67. The number of pyridine rings is 1. The van der Waals surface area contributed by atoms with Crippen molar-refractivity contribution in [1.82, 2.24) is 10.3 Å². The smallest absolute Gasteiger partial charge is 0.137 e. The summed E-state index contributed by atoms with van der Waals surface area (Å²) in [6.07, 6.45) is 7.12. The van der Waals surface area contributed by atoms with Crippen LogP contribution in [-0.4, -0.2) is 18.1 Å². The van der Waals surface area contributed by atoms with Crippen molar-refractivity contribution < 1.29 is 4.74 Å². The molecule has 1 aromatic heterocycles. The average molecular weight is 264 g/mol. The fourth-order valence-electron chi connectivity index (χ4n) is 2.08. The molecule has 108 valence electrons. The Morgan fingerprint density at radius 1 is 1.26 bits per heavy atom. The summed E-state index contributed by atoms with van der Waals surface area (Å²) in [7, 11) is 0. The number of rotatable bonds is 9. The van der Waals surface area contributed by atoms with E-state index in [1.54, 1.807) is 6.20 Å². The number of nitrogens with zero attached hydrogens (tertiary/aromatic N) is 1. The SMILES string of the molecule is CCCOc1cncc(C(CC(C)CC)NCC)c1. The zero-order chi connectivity index (χ0) is 14.1. The number of ether oxygens (including phenoxy) is 1. The molecule has 0 aliphatic heterocycles. The molecule has 3 heteroatoms. The molecule has 19 heavy (non-hydrogen) atoms. The summed E-state index contributed by atoms with van der Waals surface area (Å²) < 4.78 is 5.67. The highest BCUT2D eigenvalue weighted by atomic mass is 16.5. The Labute approximate surface area is 117 Å². The predicted molar refractivity (Wildman–Crippen MR) is 80.5 cm³/mol. The summed E-state index contributed by atoms with van der Waals surface area (Å²) in [5.74, 6) is 1.59. The quantitative estimate of drug-likeness (QED) is 0.733. The van der Waals surface area contributed by atoms with Crippen LogP contribution < -0.4 is 10.1 Å². The first-order valence-corrected chi connectivity index (χ1v) is 7.52. The lowest BCUT2D eigenvalue weighted by Crippen LogP contribution is -2.23. The summed E-state index contributed by atoms with van der Waals surface area (Å²) in [6, 6.07) is 2.50. The van der Waals surface area contributed by atoms with Gasteiger partial charge in [-0.25, -0.2) is 0 Å². The third kappa shape index (κ3) is 5.60. The van der Waals surface area contributed by atoms with Gasteiger partial charge in [-0.1, -0.05) is 34.1 Å². The van der Waals surface area contributed by atoms with Crippen molar-refractivity contribution in [3.63, 3.8) is 0 Å². The molecule has 1 heterocycles. The summed E-state index contributed by atoms with van der Waals surface area (Å²) in [5.41, 5.74) is 1.23. The molecule has 0 amide bonds. The second-order valence-corrected chi connectivity index (χ2v) is 5.16. The standard InChI is InChI=1S/C16H28N2O/c1-5-8-19-15-10-14(11-17-12-15)16(18-7-3)9-13(4)6-2/h10-13,16,18H,5-9H2,1-4H3. The van der Waals surface area contributed by atoms with Gasteiger partial charge in [0.1, 0.15) is 5.75 Å². The van der Waals surface area contributed by atoms with Gasteiger partial charge in [0, 0.05) is 12.2 Å². The molecule has 1 rings (SSSR count). The number of nitrogens with one attached hydrogen (secondary N) is 1. The second-order valence-electron chi connectivity index (χ2n) is 5.16. The van der Waals surface area contributed by atoms with Crippen LogP contribution in [0.1, 0.15) is 58.6 Å². The molecule has 0 aliphatic carbocycles. The van der Waals surface area contributed by atoms with Crippen LogP contribution in [0, 0.1) is 5.92 Å².